The van der Waals surface area contributed by atoms with Crippen LogP contribution in [-0.4, -0.2) is 48.7 Å². The van der Waals surface area contributed by atoms with E-state index in [0.29, 0.717) is 5.84 Å². The third-order valence-electron chi connectivity index (χ3n) is 5.19. The van der Waals surface area contributed by atoms with Gasteiger partial charge in [-0.15, -0.1) is 0 Å². The predicted octanol–water partition coefficient (Wildman–Crippen LogP) is 4.05. The van der Waals surface area contributed by atoms with Crippen LogP contribution in [0.5, 0.6) is 0 Å². The number of halogens is 2. The summed E-state index contributed by atoms with van der Waals surface area (Å²) in [6.07, 6.45) is -0.514. The number of thioether (sulfide) groups is 1. The standard InChI is InChI=1S/C23H26F2N4O3S/c1-15(31-4)22(30)29-23(17-8-6-5-7-9-17,12-13-32-28-16(2)26-3)33-21(27-29)19-14-18(24)10-11-20(19)25/h5-11,14-15H,12-13H2,1-4H3,(H,26,28)/t15-,23?/m0/s1. The van der Waals surface area contributed by atoms with Crippen molar-refractivity contribution >= 4 is 28.5 Å². The molecule has 0 aromatic heterocycles. The minimum absolute atomic E-state index is 0.0197. The summed E-state index contributed by atoms with van der Waals surface area (Å²) in [5, 5.41) is 5.95. The topological polar surface area (TPSA) is 75.5 Å². The number of methoxy groups -OCH3 is 1. The van der Waals surface area contributed by atoms with E-state index in [0.717, 1.165) is 23.8 Å². The van der Waals surface area contributed by atoms with Crippen molar-refractivity contribution in [2.45, 2.75) is 31.2 Å². The number of amidine groups is 1. The molecule has 2 aromatic rings. The highest BCUT2D eigenvalue weighted by Gasteiger charge is 2.49. The van der Waals surface area contributed by atoms with Gasteiger partial charge in [-0.1, -0.05) is 42.1 Å². The van der Waals surface area contributed by atoms with Gasteiger partial charge >= 0.3 is 0 Å². The fourth-order valence-electron chi connectivity index (χ4n) is 3.24. The van der Waals surface area contributed by atoms with Crippen LogP contribution in [0.4, 0.5) is 8.78 Å². The molecule has 0 bridgehead atoms. The first-order valence-corrected chi connectivity index (χ1v) is 11.1. The zero-order chi connectivity index (χ0) is 24.0. The highest BCUT2D eigenvalue weighted by molar-refractivity contribution is 8.15. The first-order valence-electron chi connectivity index (χ1n) is 10.3. The summed E-state index contributed by atoms with van der Waals surface area (Å²) in [5.74, 6) is -1.06. The summed E-state index contributed by atoms with van der Waals surface area (Å²) in [6, 6.07) is 12.4. The number of hydrazone groups is 1. The van der Waals surface area contributed by atoms with Gasteiger partial charge in [0.25, 0.3) is 5.91 Å². The van der Waals surface area contributed by atoms with Gasteiger partial charge in [0.1, 0.15) is 33.5 Å². The Morgan fingerprint density at radius 2 is 2.00 bits per heavy atom. The van der Waals surface area contributed by atoms with Crippen LogP contribution in [0, 0.1) is 11.6 Å². The summed E-state index contributed by atoms with van der Waals surface area (Å²) >= 11 is 1.17. The number of nitrogens with one attached hydrogen (secondary N) is 1. The molecule has 0 fully saturated rings. The predicted molar refractivity (Wildman–Crippen MR) is 125 cm³/mol. The van der Waals surface area contributed by atoms with Crippen molar-refractivity contribution in [3.63, 3.8) is 0 Å². The van der Waals surface area contributed by atoms with Gasteiger partial charge in [-0.25, -0.2) is 13.8 Å². The third-order valence-corrected chi connectivity index (χ3v) is 6.64. The quantitative estimate of drug-likeness (QED) is 0.269. The number of hydrogen-bond acceptors (Lipinski definition) is 6. The number of ether oxygens (including phenoxy) is 1. The number of nitrogens with zero attached hydrogens (tertiary/aromatic N) is 3. The van der Waals surface area contributed by atoms with Gasteiger partial charge in [0.05, 0.1) is 6.61 Å². The highest BCUT2D eigenvalue weighted by Crippen LogP contribution is 2.50. The molecule has 1 unspecified atom stereocenters. The molecule has 1 aliphatic rings. The lowest BCUT2D eigenvalue weighted by Gasteiger charge is -2.36. The summed E-state index contributed by atoms with van der Waals surface area (Å²) in [6.45, 7) is 3.54. The Hall–Kier alpha value is -2.82. The van der Waals surface area contributed by atoms with Crippen LogP contribution < -0.4 is 5.48 Å². The Bertz CT molecular complexity index is 1050. The van der Waals surface area contributed by atoms with Crippen LogP contribution in [0.3, 0.4) is 0 Å². The van der Waals surface area contributed by atoms with Crippen molar-refractivity contribution in [2.24, 2.45) is 10.1 Å². The Labute approximate surface area is 195 Å². The van der Waals surface area contributed by atoms with E-state index in [1.54, 1.807) is 20.9 Å². The zero-order valence-electron chi connectivity index (χ0n) is 18.8. The number of amides is 1. The number of carbonyl (C=O) groups is 1. The zero-order valence-corrected chi connectivity index (χ0v) is 19.7. The maximum absolute atomic E-state index is 14.6. The molecule has 10 heteroatoms. The van der Waals surface area contributed by atoms with E-state index in [9.17, 15) is 13.6 Å². The van der Waals surface area contributed by atoms with Crippen LogP contribution in [-0.2, 0) is 19.2 Å². The molecule has 0 aliphatic carbocycles. The molecule has 1 aliphatic heterocycles. The van der Waals surface area contributed by atoms with Crippen molar-refractivity contribution in [1.82, 2.24) is 10.5 Å². The van der Waals surface area contributed by atoms with E-state index in [1.165, 1.54) is 23.9 Å². The van der Waals surface area contributed by atoms with E-state index < -0.39 is 28.5 Å². The lowest BCUT2D eigenvalue weighted by Crippen LogP contribution is -2.46. The highest BCUT2D eigenvalue weighted by atomic mass is 32.2. The van der Waals surface area contributed by atoms with Crippen molar-refractivity contribution in [3.8, 4) is 0 Å². The lowest BCUT2D eigenvalue weighted by molar-refractivity contribution is -0.145. The van der Waals surface area contributed by atoms with Crippen LogP contribution >= 0.6 is 11.8 Å². The van der Waals surface area contributed by atoms with Crippen LogP contribution in [0.25, 0.3) is 0 Å². The summed E-state index contributed by atoms with van der Waals surface area (Å²) in [7, 11) is 3.05. The molecule has 0 radical (unpaired) electrons. The molecule has 33 heavy (non-hydrogen) atoms. The van der Waals surface area contributed by atoms with Gasteiger partial charge in [0, 0.05) is 26.1 Å². The van der Waals surface area contributed by atoms with Gasteiger partial charge in [-0.3, -0.25) is 20.1 Å². The van der Waals surface area contributed by atoms with Gasteiger partial charge in [0.15, 0.2) is 0 Å². The Morgan fingerprint density at radius 3 is 2.67 bits per heavy atom. The maximum atomic E-state index is 14.6. The molecular weight excluding hydrogens is 450 g/mol. The molecule has 2 atom stereocenters. The molecule has 0 spiro atoms. The van der Waals surface area contributed by atoms with Gasteiger partial charge in [-0.05, 0) is 37.6 Å². The van der Waals surface area contributed by atoms with Crippen molar-refractivity contribution < 1.29 is 23.1 Å². The molecule has 7 nitrogen and oxygen atoms in total. The van der Waals surface area contributed by atoms with Gasteiger partial charge in [-0.2, -0.15) is 5.10 Å². The number of benzene rings is 2. The van der Waals surface area contributed by atoms with Crippen LogP contribution in [0.2, 0.25) is 0 Å². The van der Waals surface area contributed by atoms with E-state index in [-0.39, 0.29) is 23.6 Å². The number of rotatable bonds is 8. The Kier molecular flexibility index (Phi) is 8.17. The second kappa shape index (κ2) is 10.9. The van der Waals surface area contributed by atoms with E-state index in [4.69, 9.17) is 9.57 Å². The van der Waals surface area contributed by atoms with Gasteiger partial charge in [0.2, 0.25) is 0 Å². The molecule has 1 heterocycles. The average molecular weight is 477 g/mol. The second-order valence-corrected chi connectivity index (χ2v) is 8.59. The molecule has 176 valence electrons. The van der Waals surface area contributed by atoms with Crippen molar-refractivity contribution in [3.05, 3.63) is 71.3 Å². The second-order valence-electron chi connectivity index (χ2n) is 7.32. The maximum Gasteiger partial charge on any atom is 0.273 e. The molecule has 1 amide bonds. The molecule has 2 aromatic carbocycles. The fraction of sp³-hybridized carbons (Fsp3) is 0.348. The smallest absolute Gasteiger partial charge is 0.273 e. The molecule has 3 rings (SSSR count). The molecular formula is C23H26F2N4O3S. The first kappa shape index (κ1) is 24.8. The number of carbonyl (C=O) groups excluding carboxylic acids is 1. The average Bonchev–Trinajstić information content (AvgIpc) is 3.23. The van der Waals surface area contributed by atoms with Crippen molar-refractivity contribution in [1.29, 1.82) is 0 Å². The summed E-state index contributed by atoms with van der Waals surface area (Å²) < 4.78 is 33.8. The van der Waals surface area contributed by atoms with E-state index >= 15 is 0 Å². The SMILES string of the molecule is C/N=C(\C)NOCCC1(c2ccccc2)SC(c2cc(F)ccc2F)=NN1C(=O)[C@H](C)OC. The van der Waals surface area contributed by atoms with E-state index in [1.807, 2.05) is 30.3 Å². The van der Waals surface area contributed by atoms with E-state index in [2.05, 4.69) is 15.6 Å². The number of hydrogen-bond donors (Lipinski definition) is 1. The fourth-order valence-corrected chi connectivity index (χ4v) is 4.60. The monoisotopic (exact) mass is 476 g/mol. The minimum atomic E-state index is -1.07. The van der Waals surface area contributed by atoms with Gasteiger partial charge < -0.3 is 4.74 Å². The molecule has 1 N–H and O–H groups in total. The first-order chi connectivity index (χ1) is 15.8. The van der Waals surface area contributed by atoms with Crippen molar-refractivity contribution in [2.75, 3.05) is 20.8 Å². The largest absolute Gasteiger partial charge is 0.372 e. The lowest BCUT2D eigenvalue weighted by atomic mass is 10.0. The Morgan fingerprint density at radius 1 is 1.27 bits per heavy atom. The van der Waals surface area contributed by atoms with Crippen LogP contribution in [0.1, 0.15) is 31.4 Å². The number of hydroxylamine groups is 1. The Balaban J connectivity index is 2.06. The van der Waals surface area contributed by atoms with Crippen LogP contribution in [0.15, 0.2) is 58.6 Å². The molecule has 0 saturated heterocycles. The molecule has 0 saturated carbocycles. The summed E-state index contributed by atoms with van der Waals surface area (Å²) in [4.78, 5) is 21.8. The normalized spacial score (nSPS) is 19.4. The minimum Gasteiger partial charge on any atom is -0.372 e. The summed E-state index contributed by atoms with van der Waals surface area (Å²) in [5.41, 5.74) is 3.46. The number of aliphatic imine (C=N–C) groups is 1. The third kappa shape index (κ3) is 5.40.